The monoisotopic (exact) mass is 235 g/mol. The molecule has 0 radical (unpaired) electrons. The van der Waals surface area contributed by atoms with Gasteiger partial charge in [-0.25, -0.2) is 0 Å². The van der Waals surface area contributed by atoms with Crippen LogP contribution in [0.4, 0.5) is 0 Å². The predicted octanol–water partition coefficient (Wildman–Crippen LogP) is 3.55. The van der Waals surface area contributed by atoms with Crippen molar-refractivity contribution in [2.24, 2.45) is 0 Å². The van der Waals surface area contributed by atoms with Gasteiger partial charge in [0, 0.05) is 16.9 Å². The summed E-state index contributed by atoms with van der Waals surface area (Å²) in [5.41, 5.74) is 2.44. The van der Waals surface area contributed by atoms with Crippen molar-refractivity contribution in [1.82, 2.24) is 4.57 Å². The first-order chi connectivity index (χ1) is 6.27. The Morgan fingerprint density at radius 3 is 2.46 bits per heavy atom. The molecule has 0 N–H and O–H groups in total. The molecule has 0 aliphatic heterocycles. The number of hydrogen-bond donors (Lipinski definition) is 0. The van der Waals surface area contributed by atoms with Gasteiger partial charge in [-0.1, -0.05) is 6.07 Å². The highest BCUT2D eigenvalue weighted by Gasteiger charge is 1.99. The molecule has 0 aliphatic carbocycles. The number of benzene rings is 1. The predicted molar refractivity (Wildman–Crippen MR) is 58.2 cm³/mol. The van der Waals surface area contributed by atoms with Crippen LogP contribution in [0.2, 0.25) is 0 Å². The Balaban J connectivity index is 2.53. The van der Waals surface area contributed by atoms with Crippen LogP contribution in [0.3, 0.4) is 0 Å². The molecule has 0 amide bonds. The van der Waals surface area contributed by atoms with Gasteiger partial charge < -0.3 is 4.57 Å². The molecule has 0 unspecified atom stereocenters. The van der Waals surface area contributed by atoms with Crippen LogP contribution in [-0.4, -0.2) is 4.57 Å². The molecular weight excluding hydrogens is 226 g/mol. The summed E-state index contributed by atoms with van der Waals surface area (Å²) in [4.78, 5) is 0. The maximum Gasteiger partial charge on any atom is 0.0591 e. The normalized spacial score (nSPS) is 10.3. The van der Waals surface area contributed by atoms with Gasteiger partial charge in [0.25, 0.3) is 0 Å². The molecule has 2 heteroatoms. The van der Waals surface area contributed by atoms with Crippen molar-refractivity contribution >= 4 is 15.9 Å². The minimum atomic E-state index is 1.13. The quantitative estimate of drug-likeness (QED) is 0.713. The van der Waals surface area contributed by atoms with E-state index in [0.29, 0.717) is 0 Å². The van der Waals surface area contributed by atoms with Crippen molar-refractivity contribution in [3.05, 3.63) is 52.8 Å². The van der Waals surface area contributed by atoms with Crippen LogP contribution in [0.15, 0.2) is 47.2 Å². The molecule has 2 rings (SSSR count). The van der Waals surface area contributed by atoms with E-state index >= 15 is 0 Å². The number of halogens is 1. The molecule has 1 aromatic carbocycles. The second-order valence-corrected chi connectivity index (χ2v) is 3.90. The minimum absolute atomic E-state index is 1.13. The van der Waals surface area contributed by atoms with Gasteiger partial charge in [0.2, 0.25) is 0 Å². The van der Waals surface area contributed by atoms with E-state index < -0.39 is 0 Å². The first kappa shape index (κ1) is 8.57. The van der Waals surface area contributed by atoms with Crippen LogP contribution < -0.4 is 0 Å². The number of nitrogens with zero attached hydrogens (tertiary/aromatic N) is 1. The maximum absolute atomic E-state index is 3.55. The van der Waals surface area contributed by atoms with E-state index in [-0.39, 0.29) is 0 Å². The molecule has 0 atom stereocenters. The second-order valence-electron chi connectivity index (χ2n) is 3.05. The highest BCUT2D eigenvalue weighted by Crippen LogP contribution is 2.21. The van der Waals surface area contributed by atoms with Crippen molar-refractivity contribution < 1.29 is 0 Å². The molecule has 0 aliphatic rings. The van der Waals surface area contributed by atoms with Crippen molar-refractivity contribution in [3.8, 4) is 5.69 Å². The van der Waals surface area contributed by atoms with Gasteiger partial charge in [0.1, 0.15) is 0 Å². The molecular formula is C11H10BrN. The summed E-state index contributed by atoms with van der Waals surface area (Å²) in [6.45, 7) is 2.09. The third-order valence-electron chi connectivity index (χ3n) is 1.99. The summed E-state index contributed by atoms with van der Waals surface area (Å²) in [7, 11) is 0. The molecule has 0 saturated heterocycles. The SMILES string of the molecule is Cc1ccc(-n2cccc2)c(Br)c1. The molecule has 1 heterocycles. The minimum Gasteiger partial charge on any atom is -0.323 e. The third-order valence-corrected chi connectivity index (χ3v) is 2.62. The summed E-state index contributed by atoms with van der Waals surface area (Å²) >= 11 is 3.55. The van der Waals surface area contributed by atoms with E-state index in [1.165, 1.54) is 11.3 Å². The van der Waals surface area contributed by atoms with Gasteiger partial charge in [-0.3, -0.25) is 0 Å². The van der Waals surface area contributed by atoms with Crippen LogP contribution >= 0.6 is 15.9 Å². The van der Waals surface area contributed by atoms with Crippen molar-refractivity contribution in [2.45, 2.75) is 6.92 Å². The average molecular weight is 236 g/mol. The first-order valence-electron chi connectivity index (χ1n) is 4.17. The van der Waals surface area contributed by atoms with E-state index in [1.807, 2.05) is 24.5 Å². The molecule has 13 heavy (non-hydrogen) atoms. The van der Waals surface area contributed by atoms with Crippen LogP contribution in [0.25, 0.3) is 5.69 Å². The zero-order valence-corrected chi connectivity index (χ0v) is 8.95. The lowest BCUT2D eigenvalue weighted by atomic mass is 10.2. The zero-order chi connectivity index (χ0) is 9.26. The number of aryl methyl sites for hydroxylation is 1. The zero-order valence-electron chi connectivity index (χ0n) is 7.37. The highest BCUT2D eigenvalue weighted by atomic mass is 79.9. The molecule has 0 spiro atoms. The summed E-state index contributed by atoms with van der Waals surface area (Å²) in [5.74, 6) is 0. The Bertz CT molecular complexity index is 404. The smallest absolute Gasteiger partial charge is 0.0591 e. The van der Waals surface area contributed by atoms with Gasteiger partial charge in [0.15, 0.2) is 0 Å². The van der Waals surface area contributed by atoms with Crippen LogP contribution in [-0.2, 0) is 0 Å². The summed E-state index contributed by atoms with van der Waals surface area (Å²) in [5, 5.41) is 0. The van der Waals surface area contributed by atoms with Crippen LogP contribution in [0, 0.1) is 6.92 Å². The van der Waals surface area contributed by atoms with Gasteiger partial charge in [-0.2, -0.15) is 0 Å². The van der Waals surface area contributed by atoms with E-state index in [0.717, 1.165) is 4.47 Å². The van der Waals surface area contributed by atoms with Gasteiger partial charge >= 0.3 is 0 Å². The lowest BCUT2D eigenvalue weighted by Crippen LogP contribution is -1.90. The molecule has 0 fully saturated rings. The number of hydrogen-bond acceptors (Lipinski definition) is 0. The van der Waals surface area contributed by atoms with Crippen LogP contribution in [0.1, 0.15) is 5.56 Å². The fraction of sp³-hybridized carbons (Fsp3) is 0.0909. The molecule has 0 bridgehead atoms. The number of rotatable bonds is 1. The van der Waals surface area contributed by atoms with E-state index in [9.17, 15) is 0 Å². The Morgan fingerprint density at radius 1 is 1.15 bits per heavy atom. The molecule has 2 aromatic rings. The Hall–Kier alpha value is -1.02. The first-order valence-corrected chi connectivity index (χ1v) is 4.96. The largest absolute Gasteiger partial charge is 0.323 e. The van der Waals surface area contributed by atoms with Crippen LogP contribution in [0.5, 0.6) is 0 Å². The van der Waals surface area contributed by atoms with Crippen molar-refractivity contribution in [1.29, 1.82) is 0 Å². The molecule has 0 saturated carbocycles. The van der Waals surface area contributed by atoms with Crippen molar-refractivity contribution in [2.75, 3.05) is 0 Å². The Labute approximate surface area is 86.1 Å². The van der Waals surface area contributed by atoms with E-state index in [1.54, 1.807) is 0 Å². The highest BCUT2D eigenvalue weighted by molar-refractivity contribution is 9.10. The van der Waals surface area contributed by atoms with E-state index in [4.69, 9.17) is 0 Å². The fourth-order valence-corrected chi connectivity index (χ4v) is 2.01. The van der Waals surface area contributed by atoms with E-state index in [2.05, 4.69) is 45.6 Å². The topological polar surface area (TPSA) is 4.93 Å². The maximum atomic E-state index is 3.55. The molecule has 66 valence electrons. The van der Waals surface area contributed by atoms with Gasteiger partial charge in [-0.05, 0) is 52.7 Å². The van der Waals surface area contributed by atoms with Gasteiger partial charge in [0.05, 0.1) is 5.69 Å². The fourth-order valence-electron chi connectivity index (χ4n) is 1.32. The summed E-state index contributed by atoms with van der Waals surface area (Å²) in [6.07, 6.45) is 4.07. The second kappa shape index (κ2) is 3.38. The van der Waals surface area contributed by atoms with Crippen molar-refractivity contribution in [3.63, 3.8) is 0 Å². The Morgan fingerprint density at radius 2 is 1.85 bits per heavy atom. The lowest BCUT2D eigenvalue weighted by Gasteiger charge is -2.06. The summed E-state index contributed by atoms with van der Waals surface area (Å²) < 4.78 is 3.22. The molecule has 1 nitrogen and oxygen atoms in total. The van der Waals surface area contributed by atoms with Gasteiger partial charge in [-0.15, -0.1) is 0 Å². The third kappa shape index (κ3) is 1.68. The Kier molecular flexibility index (Phi) is 2.23. The standard InChI is InChI=1S/C11H10BrN/c1-9-4-5-11(10(12)8-9)13-6-2-3-7-13/h2-8H,1H3. The lowest BCUT2D eigenvalue weighted by molar-refractivity contribution is 1.07. The molecule has 1 aromatic heterocycles. The number of aromatic nitrogens is 1. The average Bonchev–Trinajstić information content (AvgIpc) is 2.56. The summed E-state index contributed by atoms with van der Waals surface area (Å²) in [6, 6.07) is 10.4.